The van der Waals surface area contributed by atoms with Gasteiger partial charge < -0.3 is 18.9 Å². The lowest BCUT2D eigenvalue weighted by atomic mass is 10.0. The van der Waals surface area contributed by atoms with Crippen LogP contribution in [-0.2, 0) is 23.7 Å². The Bertz CT molecular complexity index is 395. The summed E-state index contributed by atoms with van der Waals surface area (Å²) in [5.74, 6) is 0.189. The maximum absolute atomic E-state index is 12.0. The van der Waals surface area contributed by atoms with E-state index in [2.05, 4.69) is 6.92 Å². The average Bonchev–Trinajstić information content (AvgIpc) is 2.80. The molecule has 0 radical (unpaired) electrons. The van der Waals surface area contributed by atoms with Crippen LogP contribution < -0.4 is 0 Å². The fraction of sp³-hybridized carbons (Fsp3) is 0.962. The smallest absolute Gasteiger partial charge is 0.158 e. The third-order valence-corrected chi connectivity index (χ3v) is 6.07. The molecule has 31 heavy (non-hydrogen) atoms. The molecule has 1 aliphatic heterocycles. The molecule has 1 aliphatic rings. The summed E-state index contributed by atoms with van der Waals surface area (Å²) in [7, 11) is 1.65. The topological polar surface area (TPSA) is 54.0 Å². The van der Waals surface area contributed by atoms with Crippen LogP contribution in [0.1, 0.15) is 116 Å². The Labute approximate surface area is 191 Å². The van der Waals surface area contributed by atoms with Crippen LogP contribution in [0.15, 0.2) is 0 Å². The lowest BCUT2D eigenvalue weighted by Crippen LogP contribution is -2.31. The van der Waals surface area contributed by atoms with E-state index in [1.165, 1.54) is 70.6 Å². The number of carbonyl (C=O) groups is 1. The number of methoxy groups -OCH3 is 1. The number of hydrogen-bond acceptors (Lipinski definition) is 5. The summed E-state index contributed by atoms with van der Waals surface area (Å²) in [6.07, 6.45) is 20.7. The Kier molecular flexibility index (Phi) is 19.7. The molecule has 0 saturated carbocycles. The lowest BCUT2D eigenvalue weighted by Gasteiger charge is -2.24. The van der Waals surface area contributed by atoms with Crippen LogP contribution >= 0.6 is 0 Å². The minimum atomic E-state index is -0.158. The van der Waals surface area contributed by atoms with Gasteiger partial charge in [0.25, 0.3) is 0 Å². The molecule has 0 amide bonds. The second kappa shape index (κ2) is 21.4. The van der Waals surface area contributed by atoms with Crippen molar-refractivity contribution in [1.29, 1.82) is 0 Å². The van der Waals surface area contributed by atoms with E-state index < -0.39 is 0 Å². The highest BCUT2D eigenvalue weighted by Crippen LogP contribution is 2.15. The van der Waals surface area contributed by atoms with Crippen molar-refractivity contribution in [2.24, 2.45) is 0 Å². The summed E-state index contributed by atoms with van der Waals surface area (Å²) in [5.41, 5.74) is 0. The van der Waals surface area contributed by atoms with Gasteiger partial charge in [-0.3, -0.25) is 4.79 Å². The molecule has 0 aromatic heterocycles. The number of hydrogen-bond donors (Lipinski definition) is 0. The minimum absolute atomic E-state index is 0.122. The molecule has 2 unspecified atom stereocenters. The molecular formula is C26H50O5. The number of Topliss-reactive ketones (excluding diaryl/α,β-unsaturated/α-hetero) is 1. The zero-order chi connectivity index (χ0) is 22.4. The van der Waals surface area contributed by atoms with E-state index in [1.807, 2.05) is 0 Å². The molecule has 1 rings (SSSR count). The zero-order valence-corrected chi connectivity index (χ0v) is 20.5. The van der Waals surface area contributed by atoms with E-state index >= 15 is 0 Å². The standard InChI is InChI=1S/C26H50O5/c1-3-4-5-6-7-8-9-10-11-12-13-14-15-18-24(27)21-29-22-25(28-2)23-31-26-19-16-17-20-30-26/h25-26H,3-23H2,1-2H3. The first-order chi connectivity index (χ1) is 15.3. The van der Waals surface area contributed by atoms with Crippen LogP contribution in [0.2, 0.25) is 0 Å². The van der Waals surface area contributed by atoms with E-state index in [0.717, 1.165) is 38.7 Å². The van der Waals surface area contributed by atoms with E-state index in [4.69, 9.17) is 18.9 Å². The lowest BCUT2D eigenvalue weighted by molar-refractivity contribution is -0.182. The second-order valence-electron chi connectivity index (χ2n) is 9.03. The van der Waals surface area contributed by atoms with Crippen LogP contribution in [0.4, 0.5) is 0 Å². The maximum Gasteiger partial charge on any atom is 0.158 e. The molecule has 5 heteroatoms. The van der Waals surface area contributed by atoms with Crippen LogP contribution in [0.5, 0.6) is 0 Å². The first kappa shape index (κ1) is 28.5. The average molecular weight is 443 g/mol. The van der Waals surface area contributed by atoms with Gasteiger partial charge in [0.05, 0.1) is 13.2 Å². The van der Waals surface area contributed by atoms with Gasteiger partial charge in [-0.05, 0) is 25.7 Å². The minimum Gasteiger partial charge on any atom is -0.377 e. The van der Waals surface area contributed by atoms with E-state index in [-0.39, 0.29) is 24.8 Å². The van der Waals surface area contributed by atoms with Crippen molar-refractivity contribution >= 4 is 5.78 Å². The number of ketones is 1. The van der Waals surface area contributed by atoms with Crippen molar-refractivity contribution in [3.8, 4) is 0 Å². The molecule has 1 fully saturated rings. The van der Waals surface area contributed by atoms with Crippen LogP contribution in [-0.4, -0.2) is 51.7 Å². The Morgan fingerprint density at radius 3 is 2.03 bits per heavy atom. The summed E-state index contributed by atoms with van der Waals surface area (Å²) < 4.78 is 22.2. The highest BCUT2D eigenvalue weighted by molar-refractivity contribution is 5.79. The van der Waals surface area contributed by atoms with Gasteiger partial charge in [0.2, 0.25) is 0 Å². The van der Waals surface area contributed by atoms with Crippen molar-refractivity contribution in [1.82, 2.24) is 0 Å². The predicted molar refractivity (Wildman–Crippen MR) is 126 cm³/mol. The fourth-order valence-electron chi connectivity index (χ4n) is 3.96. The Morgan fingerprint density at radius 2 is 1.48 bits per heavy atom. The number of carbonyl (C=O) groups excluding carboxylic acids is 1. The van der Waals surface area contributed by atoms with Crippen LogP contribution in [0, 0.1) is 0 Å². The molecule has 5 nitrogen and oxygen atoms in total. The number of unbranched alkanes of at least 4 members (excludes halogenated alkanes) is 12. The number of rotatable bonds is 22. The van der Waals surface area contributed by atoms with Gasteiger partial charge in [-0.1, -0.05) is 84.0 Å². The highest BCUT2D eigenvalue weighted by Gasteiger charge is 2.17. The largest absolute Gasteiger partial charge is 0.377 e. The normalized spacial score (nSPS) is 17.7. The summed E-state index contributed by atoms with van der Waals surface area (Å²) in [5, 5.41) is 0. The van der Waals surface area contributed by atoms with E-state index in [0.29, 0.717) is 19.6 Å². The predicted octanol–water partition coefficient (Wildman–Crippen LogP) is 6.61. The van der Waals surface area contributed by atoms with E-state index in [1.54, 1.807) is 7.11 Å². The third-order valence-electron chi connectivity index (χ3n) is 6.07. The third kappa shape index (κ3) is 17.7. The summed E-state index contributed by atoms with van der Waals surface area (Å²) in [6.45, 7) is 4.04. The monoisotopic (exact) mass is 442 g/mol. The van der Waals surface area contributed by atoms with Crippen molar-refractivity contribution in [2.45, 2.75) is 128 Å². The first-order valence-corrected chi connectivity index (χ1v) is 13.1. The van der Waals surface area contributed by atoms with Gasteiger partial charge >= 0.3 is 0 Å². The molecule has 184 valence electrons. The Balaban J connectivity index is 1.85. The van der Waals surface area contributed by atoms with Crippen molar-refractivity contribution in [3.63, 3.8) is 0 Å². The second-order valence-corrected chi connectivity index (χ2v) is 9.03. The fourth-order valence-corrected chi connectivity index (χ4v) is 3.96. The van der Waals surface area contributed by atoms with Gasteiger partial charge in [0, 0.05) is 20.1 Å². The van der Waals surface area contributed by atoms with Crippen molar-refractivity contribution in [2.75, 3.05) is 33.5 Å². The van der Waals surface area contributed by atoms with Crippen LogP contribution in [0.25, 0.3) is 0 Å². The maximum atomic E-state index is 12.0. The zero-order valence-electron chi connectivity index (χ0n) is 20.5. The molecule has 2 atom stereocenters. The van der Waals surface area contributed by atoms with Gasteiger partial charge in [-0.15, -0.1) is 0 Å². The van der Waals surface area contributed by atoms with Gasteiger partial charge in [-0.2, -0.15) is 0 Å². The highest BCUT2D eigenvalue weighted by atomic mass is 16.7. The molecule has 0 spiro atoms. The van der Waals surface area contributed by atoms with Gasteiger partial charge in [0.1, 0.15) is 12.7 Å². The molecule has 0 bridgehead atoms. The summed E-state index contributed by atoms with van der Waals surface area (Å²) >= 11 is 0. The molecule has 0 aromatic carbocycles. The summed E-state index contributed by atoms with van der Waals surface area (Å²) in [6, 6.07) is 0. The molecule has 1 saturated heterocycles. The SMILES string of the molecule is CCCCCCCCCCCCCCCC(=O)COCC(COC1CCCCO1)OC. The van der Waals surface area contributed by atoms with Gasteiger partial charge in [-0.25, -0.2) is 0 Å². The number of ether oxygens (including phenoxy) is 4. The van der Waals surface area contributed by atoms with Crippen molar-refractivity contribution in [3.05, 3.63) is 0 Å². The van der Waals surface area contributed by atoms with Crippen LogP contribution in [0.3, 0.4) is 0 Å². The Morgan fingerprint density at radius 1 is 0.871 bits per heavy atom. The van der Waals surface area contributed by atoms with Gasteiger partial charge in [0.15, 0.2) is 12.1 Å². The van der Waals surface area contributed by atoms with E-state index in [9.17, 15) is 4.79 Å². The first-order valence-electron chi connectivity index (χ1n) is 13.1. The molecule has 0 aromatic rings. The molecule has 1 heterocycles. The Hall–Kier alpha value is -0.490. The van der Waals surface area contributed by atoms with Crippen molar-refractivity contribution < 1.29 is 23.7 Å². The quantitative estimate of drug-likeness (QED) is 0.177. The molecular weight excluding hydrogens is 392 g/mol. The summed E-state index contributed by atoms with van der Waals surface area (Å²) in [4.78, 5) is 12.0. The molecule has 0 N–H and O–H groups in total. The molecule has 0 aliphatic carbocycles.